The molecule has 1 aromatic rings. The van der Waals surface area contributed by atoms with Gasteiger partial charge in [0.25, 0.3) is 0 Å². The van der Waals surface area contributed by atoms with Gasteiger partial charge in [0.2, 0.25) is 5.88 Å². The number of hydrogen-bond donors (Lipinski definition) is 1. The van der Waals surface area contributed by atoms with E-state index >= 15 is 0 Å². The molecule has 0 amide bonds. The van der Waals surface area contributed by atoms with E-state index in [-0.39, 0.29) is 0 Å². The molecule has 186 valence electrons. The highest BCUT2D eigenvalue weighted by Gasteiger charge is 2.57. The Kier molecular flexibility index (Phi) is 8.53. The second kappa shape index (κ2) is 9.22. The lowest BCUT2D eigenvalue weighted by Gasteiger charge is -2.09. The lowest BCUT2D eigenvalue weighted by molar-refractivity contribution is -0.0586. The molecular weight excluding hydrogens is 549 g/mol. The minimum Gasteiger partial charge on any atom is -0.477 e. The van der Waals surface area contributed by atoms with Gasteiger partial charge in [-0.15, -0.1) is 3.63 Å². The fourth-order valence-corrected chi connectivity index (χ4v) is 2.96. The molecule has 0 saturated carbocycles. The zero-order valence-electron chi connectivity index (χ0n) is 13.9. The summed E-state index contributed by atoms with van der Waals surface area (Å²) in [5.41, 5.74) is -19.0. The summed E-state index contributed by atoms with van der Waals surface area (Å²) >= 11 is 0. The highest BCUT2D eigenvalue weighted by atomic mass is 32.3. The van der Waals surface area contributed by atoms with Gasteiger partial charge in [-0.3, -0.25) is 0 Å². The summed E-state index contributed by atoms with van der Waals surface area (Å²) in [6.45, 7) is 0. The van der Waals surface area contributed by atoms with E-state index in [9.17, 15) is 69.6 Å². The van der Waals surface area contributed by atoms with Gasteiger partial charge in [0, 0.05) is 6.20 Å². The Labute approximate surface area is 170 Å². The van der Waals surface area contributed by atoms with Gasteiger partial charge in [0.1, 0.15) is 5.56 Å². The third-order valence-electron chi connectivity index (χ3n) is 2.22. The number of carboxylic acids is 1. The molecule has 0 bridgehead atoms. The molecule has 1 aromatic heterocycles. The number of alkyl halides is 9. The van der Waals surface area contributed by atoms with Crippen LogP contribution in [-0.2, 0) is 34.0 Å². The normalized spacial score (nSPS) is 13.7. The third-order valence-corrected chi connectivity index (χ3v) is 5.73. The van der Waals surface area contributed by atoms with E-state index in [0.717, 1.165) is 18.3 Å². The van der Waals surface area contributed by atoms with Crippen molar-refractivity contribution in [2.24, 2.45) is 0 Å². The molecular formula is C9H4F9NO10S3. The Morgan fingerprint density at radius 3 is 1.47 bits per heavy atom. The lowest BCUT2D eigenvalue weighted by atomic mass is 10.3. The molecule has 0 fully saturated rings. The van der Waals surface area contributed by atoms with E-state index < -0.39 is 64.3 Å². The predicted octanol–water partition coefficient (Wildman–Crippen LogP) is 1.71. The molecule has 0 radical (unpaired) electrons. The zero-order chi connectivity index (χ0) is 26.0. The van der Waals surface area contributed by atoms with E-state index in [1.807, 2.05) is 3.63 Å². The average molecular weight is 553 g/mol. The van der Waals surface area contributed by atoms with Crippen LogP contribution >= 0.6 is 0 Å². The number of aromatic nitrogens is 1. The van der Waals surface area contributed by atoms with Crippen molar-refractivity contribution in [3.63, 3.8) is 0 Å². The predicted molar refractivity (Wildman–Crippen MR) is 77.8 cm³/mol. The van der Waals surface area contributed by atoms with Crippen LogP contribution < -0.4 is 4.18 Å². The fraction of sp³-hybridized carbons (Fsp3) is 0.333. The molecule has 1 heterocycles. The number of aromatic carboxylic acids is 1. The van der Waals surface area contributed by atoms with Gasteiger partial charge in [-0.05, 0) is 12.1 Å². The molecule has 0 atom stereocenters. The first-order valence-corrected chi connectivity index (χ1v) is 10.6. The minimum absolute atomic E-state index is 0.791. The van der Waals surface area contributed by atoms with Crippen LogP contribution in [0.3, 0.4) is 0 Å². The highest BCUT2D eigenvalue weighted by molar-refractivity contribution is 8.00. The Bertz CT molecular complexity index is 1110. The summed E-state index contributed by atoms with van der Waals surface area (Å²) in [5.74, 6) is -2.80. The first-order chi connectivity index (χ1) is 13.9. The molecule has 0 aliphatic rings. The summed E-state index contributed by atoms with van der Waals surface area (Å²) < 4.78 is 171. The fourth-order valence-electron chi connectivity index (χ4n) is 0.966. The Hall–Kier alpha value is -2.40. The average Bonchev–Trinajstić information content (AvgIpc) is 2.51. The number of nitrogens with zero attached hydrogens (tertiary/aromatic N) is 1. The first-order valence-electron chi connectivity index (χ1n) is 6.38. The summed E-state index contributed by atoms with van der Waals surface area (Å²) in [6, 6.07) is 1.97. The van der Waals surface area contributed by atoms with Crippen molar-refractivity contribution in [2.75, 3.05) is 0 Å². The molecule has 0 aromatic carbocycles. The molecule has 0 aliphatic heterocycles. The summed E-state index contributed by atoms with van der Waals surface area (Å²) in [4.78, 5) is 13.7. The van der Waals surface area contributed by atoms with E-state index in [1.165, 1.54) is 0 Å². The molecule has 1 rings (SSSR count). The van der Waals surface area contributed by atoms with Crippen LogP contribution in [0.2, 0.25) is 0 Å². The van der Waals surface area contributed by atoms with Gasteiger partial charge in [-0.25, -0.2) is 9.78 Å². The van der Waals surface area contributed by atoms with Crippen LogP contribution in [0.1, 0.15) is 10.4 Å². The monoisotopic (exact) mass is 553 g/mol. The number of carboxylic acid groups (broad SMARTS) is 1. The molecule has 0 spiro atoms. The lowest BCUT2D eigenvalue weighted by Crippen LogP contribution is -2.34. The topological polar surface area (TPSA) is 171 Å². The summed E-state index contributed by atoms with van der Waals surface area (Å²) in [7, 11) is -19.6. The van der Waals surface area contributed by atoms with E-state index in [0.29, 0.717) is 0 Å². The first kappa shape index (κ1) is 29.6. The second-order valence-electron chi connectivity index (χ2n) is 4.51. The van der Waals surface area contributed by atoms with Gasteiger partial charge < -0.3 is 9.29 Å². The summed E-state index contributed by atoms with van der Waals surface area (Å²) in [5, 5.41) is 8.57. The molecule has 32 heavy (non-hydrogen) atoms. The van der Waals surface area contributed by atoms with Crippen molar-refractivity contribution >= 4 is 36.3 Å². The van der Waals surface area contributed by atoms with Crippen LogP contribution in [0.15, 0.2) is 18.3 Å². The van der Waals surface area contributed by atoms with E-state index in [4.69, 9.17) is 5.11 Å². The number of pyridine rings is 1. The van der Waals surface area contributed by atoms with Gasteiger partial charge in [-0.2, -0.15) is 64.8 Å². The van der Waals surface area contributed by atoms with Crippen LogP contribution in [0.4, 0.5) is 39.5 Å². The van der Waals surface area contributed by atoms with Crippen molar-refractivity contribution < 1.29 is 82.5 Å². The van der Waals surface area contributed by atoms with Crippen molar-refractivity contribution in [3.05, 3.63) is 23.9 Å². The number of rotatable bonds is 5. The van der Waals surface area contributed by atoms with E-state index in [1.54, 1.807) is 0 Å². The summed E-state index contributed by atoms with van der Waals surface area (Å²) in [6.07, 6.45) is 0.896. The number of carbonyl (C=O) groups is 1. The molecule has 0 saturated heterocycles. The van der Waals surface area contributed by atoms with Crippen molar-refractivity contribution in [3.8, 4) is 5.88 Å². The molecule has 0 unspecified atom stereocenters. The SMILES string of the molecule is O=C(O)c1cccnc1OS(=O)(=O)C(F)(F)F.O=S(=O)(OS(=O)(=O)C(F)(F)F)C(F)(F)F. The van der Waals surface area contributed by atoms with Gasteiger partial charge in [-0.1, -0.05) is 0 Å². The Morgan fingerprint density at radius 2 is 1.16 bits per heavy atom. The highest BCUT2D eigenvalue weighted by Crippen LogP contribution is 2.32. The second-order valence-corrected chi connectivity index (χ2v) is 9.34. The third kappa shape index (κ3) is 7.63. The van der Waals surface area contributed by atoms with Gasteiger partial charge in [0.15, 0.2) is 0 Å². The van der Waals surface area contributed by atoms with Crippen LogP contribution in [-0.4, -0.2) is 57.8 Å². The standard InChI is InChI=1S/C7H4F3NO5S.C2F6O5S2/c8-7(9,10)17(14,15)16-5-4(6(12)13)2-1-3-11-5;3-1(4,5)14(9,10)13-15(11,12)2(6,7)8/h1-3H,(H,12,13);. The Balaban J connectivity index is 0.000000607. The van der Waals surface area contributed by atoms with Crippen LogP contribution in [0, 0.1) is 0 Å². The molecule has 1 N–H and O–H groups in total. The van der Waals surface area contributed by atoms with Crippen molar-refractivity contribution in [2.45, 2.75) is 16.5 Å². The Morgan fingerprint density at radius 1 is 0.781 bits per heavy atom. The van der Waals surface area contributed by atoms with Crippen molar-refractivity contribution in [1.29, 1.82) is 0 Å². The van der Waals surface area contributed by atoms with Gasteiger partial charge in [0.05, 0.1) is 0 Å². The van der Waals surface area contributed by atoms with E-state index in [2.05, 4.69) is 9.17 Å². The van der Waals surface area contributed by atoms with Crippen molar-refractivity contribution in [1.82, 2.24) is 4.98 Å². The maximum atomic E-state index is 12.0. The maximum Gasteiger partial charge on any atom is 0.534 e. The minimum atomic E-state index is -6.85. The van der Waals surface area contributed by atoms with Gasteiger partial charge >= 0.3 is 52.8 Å². The maximum absolute atomic E-state index is 12.0. The van der Waals surface area contributed by atoms with Crippen LogP contribution in [0.25, 0.3) is 0 Å². The molecule has 0 aliphatic carbocycles. The zero-order valence-corrected chi connectivity index (χ0v) is 16.4. The number of halogens is 9. The quantitative estimate of drug-likeness (QED) is 0.320. The number of hydrogen-bond acceptors (Lipinski definition) is 10. The van der Waals surface area contributed by atoms with Crippen LogP contribution in [0.5, 0.6) is 5.88 Å². The molecule has 11 nitrogen and oxygen atoms in total. The molecule has 23 heteroatoms. The largest absolute Gasteiger partial charge is 0.534 e. The smallest absolute Gasteiger partial charge is 0.477 e.